The highest BCUT2D eigenvalue weighted by Gasteiger charge is 2.10. The molecular formula is C20H17N5O3S. The summed E-state index contributed by atoms with van der Waals surface area (Å²) in [6, 6.07) is 10.6. The van der Waals surface area contributed by atoms with Gasteiger partial charge in [-0.15, -0.1) is 11.3 Å². The van der Waals surface area contributed by atoms with Crippen molar-refractivity contribution in [2.24, 2.45) is 0 Å². The molecule has 0 aliphatic carbocycles. The second-order valence-electron chi connectivity index (χ2n) is 6.32. The van der Waals surface area contributed by atoms with Gasteiger partial charge in [-0.1, -0.05) is 12.1 Å². The van der Waals surface area contributed by atoms with Crippen molar-refractivity contribution < 1.29 is 4.79 Å². The number of rotatable bonds is 6. The van der Waals surface area contributed by atoms with Crippen molar-refractivity contribution in [1.29, 1.82) is 0 Å². The van der Waals surface area contributed by atoms with Crippen LogP contribution >= 0.6 is 11.3 Å². The molecule has 1 amide bonds. The minimum absolute atomic E-state index is 0.110. The van der Waals surface area contributed by atoms with Crippen LogP contribution in [0.1, 0.15) is 11.4 Å². The van der Waals surface area contributed by atoms with Gasteiger partial charge in [0.05, 0.1) is 23.1 Å². The summed E-state index contributed by atoms with van der Waals surface area (Å²) in [5, 5.41) is 5.96. The molecule has 0 aliphatic rings. The molecule has 0 unspecified atom stereocenters. The lowest BCUT2D eigenvalue weighted by atomic mass is 10.2. The summed E-state index contributed by atoms with van der Waals surface area (Å²) in [6.45, 7) is 0.484. The number of amides is 1. The predicted octanol–water partition coefficient (Wildman–Crippen LogP) is 1.91. The Balaban J connectivity index is 1.39. The van der Waals surface area contributed by atoms with Crippen molar-refractivity contribution in [2.75, 3.05) is 0 Å². The number of benzene rings is 1. The van der Waals surface area contributed by atoms with E-state index in [0.29, 0.717) is 17.4 Å². The Hall–Kier alpha value is -3.59. The Morgan fingerprint density at radius 3 is 2.76 bits per heavy atom. The lowest BCUT2D eigenvalue weighted by Crippen LogP contribution is -2.32. The molecule has 0 saturated carbocycles. The van der Waals surface area contributed by atoms with Gasteiger partial charge >= 0.3 is 5.69 Å². The Bertz CT molecular complexity index is 1280. The van der Waals surface area contributed by atoms with Crippen LogP contribution < -0.4 is 16.6 Å². The average Bonchev–Trinajstić information content (AvgIpc) is 3.22. The van der Waals surface area contributed by atoms with Crippen molar-refractivity contribution in [3.05, 3.63) is 80.0 Å². The fraction of sp³-hybridized carbons (Fsp3) is 0.150. The maximum absolute atomic E-state index is 12.3. The monoisotopic (exact) mass is 407 g/mol. The molecule has 1 aromatic carbocycles. The number of aromatic nitrogens is 4. The minimum atomic E-state index is -0.525. The number of hydrogen-bond acceptors (Lipinski definition) is 6. The first-order valence-corrected chi connectivity index (χ1v) is 9.83. The van der Waals surface area contributed by atoms with E-state index in [-0.39, 0.29) is 18.9 Å². The number of nitrogens with zero attached hydrogens (tertiary/aromatic N) is 3. The van der Waals surface area contributed by atoms with Crippen molar-refractivity contribution >= 4 is 28.1 Å². The molecule has 0 aliphatic heterocycles. The topological polar surface area (TPSA) is 110 Å². The zero-order valence-corrected chi connectivity index (χ0v) is 16.1. The van der Waals surface area contributed by atoms with Crippen molar-refractivity contribution in [1.82, 2.24) is 24.8 Å². The quantitative estimate of drug-likeness (QED) is 0.507. The van der Waals surface area contributed by atoms with Gasteiger partial charge in [-0.05, 0) is 24.3 Å². The van der Waals surface area contributed by atoms with E-state index in [1.807, 2.05) is 17.5 Å². The maximum atomic E-state index is 12.3. The van der Waals surface area contributed by atoms with Gasteiger partial charge < -0.3 is 5.32 Å². The van der Waals surface area contributed by atoms with E-state index in [9.17, 15) is 14.4 Å². The summed E-state index contributed by atoms with van der Waals surface area (Å²) < 4.78 is 1.40. The summed E-state index contributed by atoms with van der Waals surface area (Å²) in [5.41, 5.74) is 1.37. The van der Waals surface area contributed by atoms with Gasteiger partial charge in [0.15, 0.2) is 0 Å². The standard InChI is InChI=1S/C20H17N5O3S/c26-17(22-11-18-23-15(12-29-18)13-5-8-21-9-6-13)7-10-25-16-4-2-1-3-14(16)19(27)24-20(25)28/h1-6,8-9,12H,7,10-11H2,(H,22,26)(H,24,27,28). The number of thiazole rings is 1. The maximum Gasteiger partial charge on any atom is 0.328 e. The van der Waals surface area contributed by atoms with Gasteiger partial charge in [0.2, 0.25) is 5.91 Å². The predicted molar refractivity (Wildman–Crippen MR) is 111 cm³/mol. The normalized spacial score (nSPS) is 10.9. The number of H-pyrrole nitrogens is 1. The number of aryl methyl sites for hydroxylation is 1. The smallest absolute Gasteiger partial charge is 0.328 e. The lowest BCUT2D eigenvalue weighted by Gasteiger charge is -2.09. The van der Waals surface area contributed by atoms with Crippen LogP contribution in [0.15, 0.2) is 63.8 Å². The summed E-state index contributed by atoms with van der Waals surface area (Å²) >= 11 is 1.47. The van der Waals surface area contributed by atoms with Crippen LogP contribution in [0.25, 0.3) is 22.2 Å². The second-order valence-corrected chi connectivity index (χ2v) is 7.26. The Labute approximate surface area is 168 Å². The summed E-state index contributed by atoms with van der Waals surface area (Å²) in [5.74, 6) is -0.201. The third-order valence-corrected chi connectivity index (χ3v) is 5.28. The molecule has 9 heteroatoms. The van der Waals surface area contributed by atoms with Gasteiger partial charge in [0.25, 0.3) is 5.56 Å². The van der Waals surface area contributed by atoms with Gasteiger partial charge in [0, 0.05) is 36.3 Å². The first kappa shape index (κ1) is 18.8. The van der Waals surface area contributed by atoms with Crippen LogP contribution in [0.3, 0.4) is 0 Å². The molecule has 3 heterocycles. The van der Waals surface area contributed by atoms with Crippen LogP contribution in [-0.2, 0) is 17.9 Å². The molecule has 146 valence electrons. The SMILES string of the molecule is O=C(CCn1c(=O)[nH]c(=O)c2ccccc21)NCc1nc(-c2ccncc2)cs1. The summed E-state index contributed by atoms with van der Waals surface area (Å²) in [6.07, 6.45) is 3.52. The summed E-state index contributed by atoms with van der Waals surface area (Å²) in [4.78, 5) is 47.1. The number of para-hydroxylation sites is 1. The molecule has 4 aromatic rings. The van der Waals surface area contributed by atoms with E-state index in [4.69, 9.17) is 0 Å². The molecule has 3 aromatic heterocycles. The van der Waals surface area contributed by atoms with Crippen molar-refractivity contribution in [3.8, 4) is 11.3 Å². The fourth-order valence-corrected chi connectivity index (χ4v) is 3.73. The third kappa shape index (κ3) is 4.14. The van der Waals surface area contributed by atoms with Crippen LogP contribution in [0, 0.1) is 0 Å². The van der Waals surface area contributed by atoms with E-state index in [1.165, 1.54) is 15.9 Å². The number of aromatic amines is 1. The molecule has 0 spiro atoms. The second kappa shape index (κ2) is 8.19. The molecule has 2 N–H and O–H groups in total. The van der Waals surface area contributed by atoms with Crippen LogP contribution in [-0.4, -0.2) is 25.4 Å². The van der Waals surface area contributed by atoms with Gasteiger partial charge in [-0.3, -0.25) is 24.1 Å². The molecule has 0 fully saturated rings. The van der Waals surface area contributed by atoms with E-state index < -0.39 is 11.2 Å². The van der Waals surface area contributed by atoms with E-state index in [2.05, 4.69) is 20.3 Å². The van der Waals surface area contributed by atoms with E-state index in [1.54, 1.807) is 36.7 Å². The third-order valence-electron chi connectivity index (χ3n) is 4.43. The number of carbonyl (C=O) groups is 1. The Morgan fingerprint density at radius 2 is 1.93 bits per heavy atom. The van der Waals surface area contributed by atoms with Crippen LogP contribution in [0.5, 0.6) is 0 Å². The van der Waals surface area contributed by atoms with Crippen molar-refractivity contribution in [3.63, 3.8) is 0 Å². The van der Waals surface area contributed by atoms with E-state index >= 15 is 0 Å². The molecule has 4 rings (SSSR count). The highest BCUT2D eigenvalue weighted by molar-refractivity contribution is 7.09. The zero-order valence-electron chi connectivity index (χ0n) is 15.3. The molecule has 0 bridgehead atoms. The fourth-order valence-electron chi connectivity index (χ4n) is 2.99. The number of nitrogens with one attached hydrogen (secondary N) is 2. The zero-order chi connectivity index (χ0) is 20.2. The van der Waals surface area contributed by atoms with Crippen molar-refractivity contribution in [2.45, 2.75) is 19.5 Å². The first-order chi connectivity index (χ1) is 14.1. The average molecular weight is 407 g/mol. The van der Waals surface area contributed by atoms with Crippen LogP contribution in [0.4, 0.5) is 0 Å². The molecular weight excluding hydrogens is 390 g/mol. The lowest BCUT2D eigenvalue weighted by molar-refractivity contribution is -0.121. The van der Waals surface area contributed by atoms with Gasteiger partial charge in [-0.2, -0.15) is 0 Å². The van der Waals surface area contributed by atoms with Gasteiger partial charge in [-0.25, -0.2) is 9.78 Å². The number of hydrogen-bond donors (Lipinski definition) is 2. The number of fused-ring (bicyclic) bond motifs is 1. The molecule has 8 nitrogen and oxygen atoms in total. The van der Waals surface area contributed by atoms with Crippen LogP contribution in [0.2, 0.25) is 0 Å². The molecule has 0 atom stereocenters. The Morgan fingerprint density at radius 1 is 1.14 bits per heavy atom. The highest BCUT2D eigenvalue weighted by Crippen LogP contribution is 2.20. The highest BCUT2D eigenvalue weighted by atomic mass is 32.1. The number of pyridine rings is 1. The Kier molecular flexibility index (Phi) is 5.30. The minimum Gasteiger partial charge on any atom is -0.350 e. The van der Waals surface area contributed by atoms with Gasteiger partial charge in [0.1, 0.15) is 5.01 Å². The van der Waals surface area contributed by atoms with E-state index in [0.717, 1.165) is 16.3 Å². The molecule has 29 heavy (non-hydrogen) atoms. The molecule has 0 radical (unpaired) electrons. The summed E-state index contributed by atoms with van der Waals surface area (Å²) in [7, 11) is 0. The largest absolute Gasteiger partial charge is 0.350 e. The number of carbonyl (C=O) groups excluding carboxylic acids is 1. The molecule has 0 saturated heterocycles. The first-order valence-electron chi connectivity index (χ1n) is 8.95.